The maximum absolute atomic E-state index is 15.4. The first-order valence-corrected chi connectivity index (χ1v) is 14.7. The summed E-state index contributed by atoms with van der Waals surface area (Å²) in [4.78, 5) is 21.2. The molecule has 0 atom stereocenters. The maximum Gasteiger partial charge on any atom is 0.277 e. The van der Waals surface area contributed by atoms with Gasteiger partial charge >= 0.3 is 0 Å². The van der Waals surface area contributed by atoms with E-state index in [2.05, 4.69) is 20.5 Å². The van der Waals surface area contributed by atoms with Crippen LogP contribution in [0.25, 0.3) is 0 Å². The van der Waals surface area contributed by atoms with Crippen molar-refractivity contribution in [1.82, 2.24) is 15.2 Å². The van der Waals surface area contributed by atoms with Crippen molar-refractivity contribution in [2.24, 2.45) is 5.92 Å². The molecule has 1 aliphatic carbocycles. The summed E-state index contributed by atoms with van der Waals surface area (Å²) >= 11 is 8.25. The summed E-state index contributed by atoms with van der Waals surface area (Å²) < 4.78 is 59.8. The Morgan fingerprint density at radius 2 is 1.95 bits per heavy atom. The summed E-state index contributed by atoms with van der Waals surface area (Å²) in [5.74, 6) is -3.95. The third-order valence-corrected chi connectivity index (χ3v) is 8.18. The van der Waals surface area contributed by atoms with Crippen LogP contribution in [-0.2, 0) is 27.8 Å². The normalized spacial score (nSPS) is 13.4. The molecule has 3 aromatic rings. The zero-order valence-electron chi connectivity index (χ0n) is 20.3. The van der Waals surface area contributed by atoms with Gasteiger partial charge in [0, 0.05) is 35.0 Å². The fraction of sp³-hybridized carbons (Fsp3) is 0.280. The van der Waals surface area contributed by atoms with Gasteiger partial charge < -0.3 is 10.4 Å². The molecule has 0 bridgehead atoms. The molecule has 39 heavy (non-hydrogen) atoms. The Bertz CT molecular complexity index is 1490. The number of hydrogen-bond acceptors (Lipinski definition) is 7. The van der Waals surface area contributed by atoms with Crippen molar-refractivity contribution in [3.05, 3.63) is 79.6 Å². The third-order valence-electron chi connectivity index (χ3n) is 5.79. The molecule has 4 N–H and O–H groups in total. The minimum absolute atomic E-state index is 0.143. The second kappa shape index (κ2) is 12.8. The Kier molecular flexibility index (Phi) is 9.72. The Labute approximate surface area is 242 Å². The van der Waals surface area contributed by atoms with Crippen LogP contribution in [0, 0.1) is 21.1 Å². The lowest BCUT2D eigenvalue weighted by atomic mass is 10.1. The number of nitrogens with one attached hydrogen (secondary N) is 3. The molecule has 1 saturated carbocycles. The largest absolute Gasteiger partial charge is 0.396 e. The molecule has 0 unspecified atom stereocenters. The van der Waals surface area contributed by atoms with Gasteiger partial charge in [-0.3, -0.25) is 14.6 Å². The SMILES string of the molecule is O=C(NOCC1CC1)c1cc(S(=O)(=O)NCc2ccnc(CCO)c2)c(F)c(F)c1Nc1ccc(I)cc1Cl. The summed E-state index contributed by atoms with van der Waals surface area (Å²) in [6, 6.07) is 8.60. The Balaban J connectivity index is 1.67. The molecule has 1 heterocycles. The van der Waals surface area contributed by atoms with Crippen molar-refractivity contribution >= 4 is 61.5 Å². The Hall–Kier alpha value is -2.43. The van der Waals surface area contributed by atoms with Crippen LogP contribution < -0.4 is 15.5 Å². The number of aliphatic hydroxyl groups excluding tert-OH is 1. The summed E-state index contributed by atoms with van der Waals surface area (Å²) in [5.41, 5.74) is 2.25. The highest BCUT2D eigenvalue weighted by atomic mass is 127. The van der Waals surface area contributed by atoms with Crippen LogP contribution in [0.15, 0.2) is 47.5 Å². The predicted octanol–water partition coefficient (Wildman–Crippen LogP) is 4.45. The monoisotopic (exact) mass is 692 g/mol. The van der Waals surface area contributed by atoms with Crippen LogP contribution in [0.4, 0.5) is 20.2 Å². The summed E-state index contributed by atoms with van der Waals surface area (Å²) in [6.45, 7) is -0.178. The van der Waals surface area contributed by atoms with Crippen LogP contribution in [0.1, 0.15) is 34.5 Å². The van der Waals surface area contributed by atoms with E-state index in [1.807, 2.05) is 22.6 Å². The van der Waals surface area contributed by atoms with Crippen molar-refractivity contribution in [3.63, 3.8) is 0 Å². The summed E-state index contributed by atoms with van der Waals surface area (Å²) in [5, 5.41) is 11.9. The highest BCUT2D eigenvalue weighted by molar-refractivity contribution is 14.1. The van der Waals surface area contributed by atoms with Crippen LogP contribution >= 0.6 is 34.2 Å². The summed E-state index contributed by atoms with van der Waals surface area (Å²) in [6.07, 6.45) is 3.61. The van der Waals surface area contributed by atoms with Gasteiger partial charge in [0.25, 0.3) is 5.91 Å². The van der Waals surface area contributed by atoms with E-state index in [1.54, 1.807) is 18.2 Å². The second-order valence-electron chi connectivity index (χ2n) is 8.81. The smallest absolute Gasteiger partial charge is 0.277 e. The molecule has 208 valence electrons. The van der Waals surface area contributed by atoms with Crippen molar-refractivity contribution in [3.8, 4) is 0 Å². The zero-order chi connectivity index (χ0) is 28.2. The molecule has 4 rings (SSSR count). The summed E-state index contributed by atoms with van der Waals surface area (Å²) in [7, 11) is -4.63. The maximum atomic E-state index is 15.4. The predicted molar refractivity (Wildman–Crippen MR) is 149 cm³/mol. The molecule has 2 aromatic carbocycles. The lowest BCUT2D eigenvalue weighted by Crippen LogP contribution is -2.28. The molecule has 0 saturated heterocycles. The molecule has 9 nitrogen and oxygen atoms in total. The number of halogens is 4. The number of carbonyl (C=O) groups is 1. The van der Waals surface area contributed by atoms with Gasteiger partial charge in [0.15, 0.2) is 11.6 Å². The van der Waals surface area contributed by atoms with E-state index < -0.39 is 43.7 Å². The molecule has 0 aliphatic heterocycles. The molecule has 14 heteroatoms. The Morgan fingerprint density at radius 3 is 2.64 bits per heavy atom. The molecule has 1 fully saturated rings. The minimum atomic E-state index is -4.63. The highest BCUT2D eigenvalue weighted by Gasteiger charge is 2.30. The van der Waals surface area contributed by atoms with E-state index in [9.17, 15) is 13.2 Å². The van der Waals surface area contributed by atoms with Gasteiger partial charge in [-0.25, -0.2) is 27.4 Å². The van der Waals surface area contributed by atoms with E-state index in [4.69, 9.17) is 21.5 Å². The molecule has 0 spiro atoms. The van der Waals surface area contributed by atoms with E-state index in [1.165, 1.54) is 18.3 Å². The fourth-order valence-electron chi connectivity index (χ4n) is 3.54. The molecular formula is C25H24ClF2IN4O5S. The van der Waals surface area contributed by atoms with E-state index >= 15 is 8.78 Å². The van der Waals surface area contributed by atoms with Gasteiger partial charge in [-0.05, 0) is 83.3 Å². The number of amides is 1. The van der Waals surface area contributed by atoms with Crippen LogP contribution in [0.2, 0.25) is 5.02 Å². The molecule has 0 radical (unpaired) electrons. The van der Waals surface area contributed by atoms with Gasteiger partial charge in [0.05, 0.1) is 28.6 Å². The molecular weight excluding hydrogens is 669 g/mol. The van der Waals surface area contributed by atoms with E-state index in [0.29, 0.717) is 17.2 Å². The minimum Gasteiger partial charge on any atom is -0.396 e. The lowest BCUT2D eigenvalue weighted by Gasteiger charge is -2.17. The first-order chi connectivity index (χ1) is 18.6. The van der Waals surface area contributed by atoms with Crippen LogP contribution in [0.5, 0.6) is 0 Å². The van der Waals surface area contributed by atoms with Crippen molar-refractivity contribution in [2.75, 3.05) is 18.5 Å². The van der Waals surface area contributed by atoms with Gasteiger partial charge in [0.1, 0.15) is 4.90 Å². The zero-order valence-corrected chi connectivity index (χ0v) is 24.0. The number of anilines is 2. The second-order valence-corrected chi connectivity index (χ2v) is 12.2. The topological polar surface area (TPSA) is 130 Å². The number of aromatic nitrogens is 1. The van der Waals surface area contributed by atoms with Gasteiger partial charge in [0.2, 0.25) is 10.0 Å². The number of hydrogen-bond donors (Lipinski definition) is 4. The van der Waals surface area contributed by atoms with E-state index in [0.717, 1.165) is 22.5 Å². The number of carbonyl (C=O) groups excluding carboxylic acids is 1. The lowest BCUT2D eigenvalue weighted by molar-refractivity contribution is 0.0270. The number of nitrogens with zero attached hydrogens (tertiary/aromatic N) is 1. The quantitative estimate of drug-likeness (QED) is 0.163. The number of hydroxylamine groups is 1. The first-order valence-electron chi connectivity index (χ1n) is 11.8. The van der Waals surface area contributed by atoms with Gasteiger partial charge in [-0.2, -0.15) is 0 Å². The van der Waals surface area contributed by atoms with Crippen molar-refractivity contribution in [2.45, 2.75) is 30.7 Å². The fourth-order valence-corrected chi connectivity index (χ4v) is 5.55. The third kappa shape index (κ3) is 7.61. The number of benzene rings is 2. The average molecular weight is 693 g/mol. The van der Waals surface area contributed by atoms with Crippen molar-refractivity contribution < 1.29 is 31.9 Å². The molecule has 1 amide bonds. The number of rotatable bonds is 12. The number of aliphatic hydroxyl groups is 1. The number of pyridine rings is 1. The molecule has 1 aromatic heterocycles. The highest BCUT2D eigenvalue weighted by Crippen LogP contribution is 2.34. The Morgan fingerprint density at radius 1 is 1.18 bits per heavy atom. The van der Waals surface area contributed by atoms with Crippen LogP contribution in [0.3, 0.4) is 0 Å². The van der Waals surface area contributed by atoms with Gasteiger partial charge in [-0.15, -0.1) is 0 Å². The van der Waals surface area contributed by atoms with Crippen LogP contribution in [-0.4, -0.2) is 37.6 Å². The standard InChI is InChI=1S/C25H24ClF2IN4O5S/c26-19-10-16(29)3-4-20(19)32-24-18(25(35)33-38-13-14-1-2-14)11-21(22(27)23(24)28)39(36,37)31-12-15-5-7-30-17(9-15)6-8-34/h3-5,7,9-11,14,31-32,34H,1-2,6,8,12-13H2,(H,33,35). The van der Waals surface area contributed by atoms with E-state index in [-0.39, 0.29) is 36.9 Å². The van der Waals surface area contributed by atoms with Crippen molar-refractivity contribution in [1.29, 1.82) is 0 Å². The average Bonchev–Trinajstić information content (AvgIpc) is 3.72. The molecule has 1 aliphatic rings. The number of sulfonamides is 1. The first kappa shape index (κ1) is 29.6. The van der Waals surface area contributed by atoms with Gasteiger partial charge in [-0.1, -0.05) is 11.6 Å².